The molecular weight excluding hydrogens is 396 g/mol. The lowest BCUT2D eigenvalue weighted by Gasteiger charge is -2.29. The molecule has 28 heavy (non-hydrogen) atoms. The number of hydrogen-bond donors (Lipinski definition) is 2. The molecule has 0 aliphatic rings. The first-order chi connectivity index (χ1) is 13.4. The minimum atomic E-state index is -2.63. The van der Waals surface area contributed by atoms with E-state index in [1.54, 1.807) is 0 Å². The first-order valence-corrected chi connectivity index (χ1v) is 9.93. The average Bonchev–Trinajstić information content (AvgIpc) is 2.69. The van der Waals surface area contributed by atoms with Crippen molar-refractivity contribution in [3.63, 3.8) is 0 Å². The molecule has 3 atom stereocenters. The molecule has 0 saturated carbocycles. The van der Waals surface area contributed by atoms with E-state index in [1.807, 2.05) is 60.7 Å². The van der Waals surface area contributed by atoms with E-state index in [0.717, 1.165) is 11.1 Å². The average molecular weight is 414 g/mol. The molecule has 5 nitrogen and oxygen atoms in total. The summed E-state index contributed by atoms with van der Waals surface area (Å²) in [5.74, 6) is -1.26. The van der Waals surface area contributed by atoms with Crippen LogP contribution in [0.4, 0.5) is 0 Å². The molecule has 3 rings (SSSR count). The van der Waals surface area contributed by atoms with Crippen LogP contribution in [0.2, 0.25) is 5.02 Å². The number of nitrogens with two attached hydrogens (primary N) is 2. The lowest BCUT2D eigenvalue weighted by atomic mass is 9.81. The monoisotopic (exact) mass is 413 g/mol. The van der Waals surface area contributed by atoms with E-state index < -0.39 is 28.9 Å². The van der Waals surface area contributed by atoms with Crippen LogP contribution in [0.25, 0.3) is 0 Å². The highest BCUT2D eigenvalue weighted by molar-refractivity contribution is 7.79. The van der Waals surface area contributed by atoms with Crippen LogP contribution in [0, 0.1) is 0 Å². The summed E-state index contributed by atoms with van der Waals surface area (Å²) >= 11 is 3.58. The molecule has 3 aromatic rings. The molecule has 144 valence electrons. The van der Waals surface area contributed by atoms with Gasteiger partial charge >= 0.3 is 0 Å². The maximum absolute atomic E-state index is 12.0. The van der Waals surface area contributed by atoms with Gasteiger partial charge in [-0.3, -0.25) is 9.00 Å². The normalized spacial score (nSPS) is 14.2. The van der Waals surface area contributed by atoms with Gasteiger partial charge in [-0.15, -0.1) is 0 Å². The number of halogens is 1. The Morgan fingerprint density at radius 1 is 0.964 bits per heavy atom. The van der Waals surface area contributed by atoms with E-state index >= 15 is 0 Å². The predicted molar refractivity (Wildman–Crippen MR) is 109 cm³/mol. The van der Waals surface area contributed by atoms with Gasteiger partial charge in [-0.1, -0.05) is 72.3 Å². The molecule has 0 bridgehead atoms. The van der Waals surface area contributed by atoms with Crippen LogP contribution in [0.3, 0.4) is 0 Å². The van der Waals surface area contributed by atoms with Crippen molar-refractivity contribution in [1.29, 1.82) is 0 Å². The van der Waals surface area contributed by atoms with Gasteiger partial charge in [0, 0.05) is 22.4 Å². The van der Waals surface area contributed by atoms with Gasteiger partial charge in [0.05, 0.1) is 5.02 Å². The van der Waals surface area contributed by atoms with Crippen molar-refractivity contribution in [2.45, 2.75) is 16.9 Å². The fourth-order valence-corrected chi connectivity index (χ4v) is 4.28. The zero-order valence-electron chi connectivity index (χ0n) is 14.7. The highest BCUT2D eigenvalue weighted by atomic mass is 35.5. The zero-order valence-corrected chi connectivity index (χ0v) is 16.3. The third kappa shape index (κ3) is 4.15. The van der Waals surface area contributed by atoms with Gasteiger partial charge in [0.2, 0.25) is 5.91 Å². The first-order valence-electron chi connectivity index (χ1n) is 8.48. The Labute approximate surface area is 170 Å². The van der Waals surface area contributed by atoms with E-state index in [4.69, 9.17) is 23.1 Å². The molecular formula is C21H18ClN2O3S-. The van der Waals surface area contributed by atoms with Crippen molar-refractivity contribution in [3.8, 4) is 0 Å². The van der Waals surface area contributed by atoms with Gasteiger partial charge in [0.1, 0.15) is 0 Å². The molecule has 0 aliphatic carbocycles. The SMILES string of the molecule is NC(=O)c1cc(Cl)c(S(=O)[O-])c([C@H](c2ccccc2)[C@H](N)c2ccccc2)c1. The van der Waals surface area contributed by atoms with E-state index in [2.05, 4.69) is 0 Å². The molecule has 1 amide bonds. The largest absolute Gasteiger partial charge is 0.768 e. The summed E-state index contributed by atoms with van der Waals surface area (Å²) in [4.78, 5) is 11.7. The van der Waals surface area contributed by atoms with Crippen molar-refractivity contribution in [3.05, 3.63) is 100 Å². The minimum absolute atomic E-state index is 0.0687. The Morgan fingerprint density at radius 3 is 2.00 bits per heavy atom. The maximum atomic E-state index is 12.0. The summed E-state index contributed by atoms with van der Waals surface area (Å²) in [5, 5.41) is -0.0687. The quantitative estimate of drug-likeness (QED) is 0.602. The van der Waals surface area contributed by atoms with Gasteiger partial charge < -0.3 is 16.0 Å². The molecule has 0 fully saturated rings. The van der Waals surface area contributed by atoms with Crippen LogP contribution in [0.5, 0.6) is 0 Å². The van der Waals surface area contributed by atoms with Crippen LogP contribution in [-0.4, -0.2) is 14.7 Å². The van der Waals surface area contributed by atoms with Gasteiger partial charge in [0.25, 0.3) is 0 Å². The van der Waals surface area contributed by atoms with Crippen LogP contribution < -0.4 is 11.5 Å². The van der Waals surface area contributed by atoms with E-state index in [1.165, 1.54) is 12.1 Å². The topological polar surface area (TPSA) is 109 Å². The van der Waals surface area contributed by atoms with Crippen molar-refractivity contribution < 1.29 is 13.6 Å². The predicted octanol–water partition coefficient (Wildman–Crippen LogP) is 3.51. The number of carbonyl (C=O) groups is 1. The highest BCUT2D eigenvalue weighted by Gasteiger charge is 2.28. The summed E-state index contributed by atoms with van der Waals surface area (Å²) in [7, 11) is 0. The third-order valence-electron chi connectivity index (χ3n) is 4.56. The summed E-state index contributed by atoms with van der Waals surface area (Å²) in [6, 6.07) is 20.7. The fourth-order valence-electron chi connectivity index (χ4n) is 3.27. The Balaban J connectivity index is 2.29. The second-order valence-electron chi connectivity index (χ2n) is 6.30. The molecule has 0 heterocycles. The summed E-state index contributed by atoms with van der Waals surface area (Å²) in [6.45, 7) is 0. The Morgan fingerprint density at radius 2 is 1.50 bits per heavy atom. The third-order valence-corrected chi connectivity index (χ3v) is 5.76. The second-order valence-corrected chi connectivity index (χ2v) is 7.59. The number of benzene rings is 3. The van der Waals surface area contributed by atoms with Gasteiger partial charge in [0.15, 0.2) is 0 Å². The molecule has 0 aliphatic heterocycles. The van der Waals surface area contributed by atoms with Gasteiger partial charge in [-0.2, -0.15) is 0 Å². The first kappa shape index (κ1) is 20.2. The molecule has 4 N–H and O–H groups in total. The fraction of sp³-hybridized carbons (Fsp3) is 0.0952. The molecule has 1 unspecified atom stereocenters. The maximum Gasteiger partial charge on any atom is 0.248 e. The van der Waals surface area contributed by atoms with E-state index in [0.29, 0.717) is 5.56 Å². The number of carbonyl (C=O) groups excluding carboxylic acids is 1. The lowest BCUT2D eigenvalue weighted by Crippen LogP contribution is -2.23. The molecule has 0 spiro atoms. The number of primary amides is 1. The minimum Gasteiger partial charge on any atom is -0.768 e. The Hall–Kier alpha value is -2.51. The van der Waals surface area contributed by atoms with Crippen molar-refractivity contribution >= 4 is 28.6 Å². The smallest absolute Gasteiger partial charge is 0.248 e. The van der Waals surface area contributed by atoms with Gasteiger partial charge in [-0.25, -0.2) is 0 Å². The number of amides is 1. The van der Waals surface area contributed by atoms with Gasteiger partial charge in [-0.05, 0) is 39.9 Å². The number of hydrogen-bond acceptors (Lipinski definition) is 4. The van der Waals surface area contributed by atoms with Crippen molar-refractivity contribution in [2.75, 3.05) is 0 Å². The molecule has 3 aromatic carbocycles. The Kier molecular flexibility index (Phi) is 6.26. The molecule has 0 saturated heterocycles. The standard InChI is InChI=1S/C21H19ClN2O3S/c22-17-12-15(21(24)25)11-16(20(17)28(26)27)18(13-7-3-1-4-8-13)19(23)14-9-5-2-6-10-14/h1-12,18-19H,23H2,(H2,24,25)(H,26,27)/p-1/t18-,19+/m0/s1. The second kappa shape index (κ2) is 8.67. The summed E-state index contributed by atoms with van der Waals surface area (Å²) in [6.07, 6.45) is 0. The molecule has 0 aromatic heterocycles. The van der Waals surface area contributed by atoms with Crippen molar-refractivity contribution in [1.82, 2.24) is 0 Å². The summed E-state index contributed by atoms with van der Waals surface area (Å²) < 4.78 is 24.0. The van der Waals surface area contributed by atoms with E-state index in [9.17, 15) is 13.6 Å². The van der Waals surface area contributed by atoms with Crippen LogP contribution in [-0.2, 0) is 11.1 Å². The number of rotatable bonds is 6. The zero-order chi connectivity index (χ0) is 20.3. The molecule has 7 heteroatoms. The van der Waals surface area contributed by atoms with Crippen LogP contribution in [0.15, 0.2) is 77.7 Å². The lowest BCUT2D eigenvalue weighted by molar-refractivity contribution is 0.1000. The molecule has 0 radical (unpaired) electrons. The summed E-state index contributed by atoms with van der Waals surface area (Å²) in [5.41, 5.74) is 14.1. The highest BCUT2D eigenvalue weighted by Crippen LogP contribution is 2.40. The van der Waals surface area contributed by atoms with E-state index in [-0.39, 0.29) is 15.5 Å². The van der Waals surface area contributed by atoms with Crippen molar-refractivity contribution in [2.24, 2.45) is 11.5 Å². The van der Waals surface area contributed by atoms with Crippen LogP contribution >= 0.6 is 11.6 Å². The Bertz CT molecular complexity index is 1010. The van der Waals surface area contributed by atoms with Crippen LogP contribution in [0.1, 0.15) is 39.0 Å².